The number of ether oxygens (including phenoxy) is 3. The van der Waals surface area contributed by atoms with E-state index in [9.17, 15) is 0 Å². The number of methoxy groups -OCH3 is 1. The predicted molar refractivity (Wildman–Crippen MR) is 134 cm³/mol. The van der Waals surface area contributed by atoms with Crippen molar-refractivity contribution in [1.29, 1.82) is 0 Å². The number of hydrogen-bond donors (Lipinski definition) is 0. The van der Waals surface area contributed by atoms with Gasteiger partial charge in [-0.2, -0.15) is 0 Å². The van der Waals surface area contributed by atoms with E-state index < -0.39 is 0 Å². The molecular weight excluding hydrogens is 426 g/mol. The van der Waals surface area contributed by atoms with Crippen molar-refractivity contribution < 1.29 is 14.2 Å². The van der Waals surface area contributed by atoms with E-state index in [-0.39, 0.29) is 5.60 Å². The molecule has 1 aliphatic rings. The monoisotopic (exact) mass is 463 g/mol. The Labute approximate surface area is 203 Å². The lowest BCUT2D eigenvalue weighted by Gasteiger charge is -2.40. The Morgan fingerprint density at radius 3 is 2.62 bits per heavy atom. The molecule has 2 aromatic carbocycles. The number of imidazole rings is 1. The van der Waals surface area contributed by atoms with Gasteiger partial charge in [0, 0.05) is 45.7 Å². The fourth-order valence-electron chi connectivity index (χ4n) is 4.54. The normalized spacial score (nSPS) is 15.9. The summed E-state index contributed by atoms with van der Waals surface area (Å²) in [5, 5.41) is 0. The number of benzene rings is 2. The van der Waals surface area contributed by atoms with Crippen molar-refractivity contribution in [3.63, 3.8) is 0 Å². The molecule has 6 heteroatoms. The van der Waals surface area contributed by atoms with Gasteiger partial charge in [0.1, 0.15) is 23.7 Å². The maximum absolute atomic E-state index is 6.20. The number of hydrogen-bond acceptors (Lipinski definition) is 5. The molecule has 0 N–H and O–H groups in total. The molecule has 1 saturated heterocycles. The van der Waals surface area contributed by atoms with Crippen LogP contribution in [0.25, 0.3) is 0 Å². The van der Waals surface area contributed by atoms with Gasteiger partial charge in [-0.3, -0.25) is 4.90 Å². The number of nitrogens with zero attached hydrogens (tertiary/aromatic N) is 3. The van der Waals surface area contributed by atoms with E-state index in [4.69, 9.17) is 14.2 Å². The van der Waals surface area contributed by atoms with Crippen LogP contribution in [0.3, 0.4) is 0 Å². The second kappa shape index (κ2) is 11.5. The third kappa shape index (κ3) is 6.61. The van der Waals surface area contributed by atoms with Crippen LogP contribution in [-0.4, -0.2) is 53.5 Å². The van der Waals surface area contributed by atoms with E-state index in [0.717, 1.165) is 56.9 Å². The zero-order valence-corrected chi connectivity index (χ0v) is 20.7. The van der Waals surface area contributed by atoms with Crippen molar-refractivity contribution in [2.75, 3.05) is 33.4 Å². The highest BCUT2D eigenvalue weighted by molar-refractivity contribution is 5.35. The Morgan fingerprint density at radius 2 is 1.88 bits per heavy atom. The third-order valence-electron chi connectivity index (χ3n) is 6.71. The summed E-state index contributed by atoms with van der Waals surface area (Å²) in [4.78, 5) is 6.57. The van der Waals surface area contributed by atoms with Gasteiger partial charge in [-0.05, 0) is 62.4 Å². The van der Waals surface area contributed by atoms with Crippen LogP contribution < -0.4 is 9.47 Å². The lowest BCUT2D eigenvalue weighted by molar-refractivity contribution is -0.0840. The summed E-state index contributed by atoms with van der Waals surface area (Å²) in [6.07, 6.45) is 8.49. The Balaban J connectivity index is 1.23. The van der Waals surface area contributed by atoms with Gasteiger partial charge < -0.3 is 18.8 Å². The fourth-order valence-corrected chi connectivity index (χ4v) is 4.54. The number of aryl methyl sites for hydroxylation is 3. The first-order valence-corrected chi connectivity index (χ1v) is 12.2. The molecule has 1 fully saturated rings. The van der Waals surface area contributed by atoms with Crippen molar-refractivity contribution >= 4 is 0 Å². The van der Waals surface area contributed by atoms with E-state index in [0.29, 0.717) is 13.2 Å². The third-order valence-corrected chi connectivity index (χ3v) is 6.71. The smallest absolute Gasteiger partial charge is 0.122 e. The SMILES string of the molecule is COC1(COc2ccc(C)cc2C)CCN(Cc2cccc(OCCCn3ccnc3)c2)CC1. The fraction of sp³-hybridized carbons (Fsp3) is 0.464. The molecule has 1 aromatic heterocycles. The molecule has 0 unspecified atom stereocenters. The quantitative estimate of drug-likeness (QED) is 0.373. The highest BCUT2D eigenvalue weighted by Gasteiger charge is 2.35. The second-order valence-corrected chi connectivity index (χ2v) is 9.37. The molecular formula is C28H37N3O3. The van der Waals surface area contributed by atoms with Crippen molar-refractivity contribution in [2.45, 2.75) is 51.8 Å². The van der Waals surface area contributed by atoms with E-state index in [1.165, 1.54) is 16.7 Å². The van der Waals surface area contributed by atoms with E-state index in [1.54, 1.807) is 6.20 Å². The van der Waals surface area contributed by atoms with Crippen LogP contribution in [-0.2, 0) is 17.8 Å². The van der Waals surface area contributed by atoms with Gasteiger partial charge in [0.2, 0.25) is 0 Å². The van der Waals surface area contributed by atoms with Crippen LogP contribution in [0.2, 0.25) is 0 Å². The molecule has 34 heavy (non-hydrogen) atoms. The van der Waals surface area contributed by atoms with Crippen molar-refractivity contribution in [1.82, 2.24) is 14.5 Å². The minimum Gasteiger partial charge on any atom is -0.494 e. The Hall–Kier alpha value is -2.83. The Bertz CT molecular complexity index is 1030. The summed E-state index contributed by atoms with van der Waals surface area (Å²) in [6.45, 7) is 9.30. The van der Waals surface area contributed by atoms with E-state index in [1.807, 2.05) is 25.7 Å². The number of likely N-dealkylation sites (tertiary alicyclic amines) is 1. The first-order chi connectivity index (χ1) is 16.5. The zero-order valence-electron chi connectivity index (χ0n) is 20.7. The number of piperidine rings is 1. The van der Waals surface area contributed by atoms with Gasteiger partial charge in [-0.15, -0.1) is 0 Å². The minimum absolute atomic E-state index is 0.228. The summed E-state index contributed by atoms with van der Waals surface area (Å²) < 4.78 is 20.2. The maximum Gasteiger partial charge on any atom is 0.122 e. The number of aromatic nitrogens is 2. The molecule has 3 aromatic rings. The van der Waals surface area contributed by atoms with Crippen LogP contribution >= 0.6 is 0 Å². The molecule has 2 heterocycles. The average Bonchev–Trinajstić information content (AvgIpc) is 3.36. The predicted octanol–water partition coefficient (Wildman–Crippen LogP) is 5.03. The second-order valence-electron chi connectivity index (χ2n) is 9.37. The summed E-state index contributed by atoms with van der Waals surface area (Å²) in [5.74, 6) is 1.89. The summed E-state index contributed by atoms with van der Waals surface area (Å²) in [7, 11) is 1.81. The van der Waals surface area contributed by atoms with Gasteiger partial charge in [-0.1, -0.05) is 29.8 Å². The van der Waals surface area contributed by atoms with Gasteiger partial charge in [-0.25, -0.2) is 4.98 Å². The van der Waals surface area contributed by atoms with Crippen LogP contribution in [0.15, 0.2) is 61.2 Å². The topological polar surface area (TPSA) is 48.8 Å². The summed E-state index contributed by atoms with van der Waals surface area (Å²) in [5.41, 5.74) is 3.48. The van der Waals surface area contributed by atoms with E-state index in [2.05, 4.69) is 64.7 Å². The van der Waals surface area contributed by atoms with Gasteiger partial charge in [0.25, 0.3) is 0 Å². The summed E-state index contributed by atoms with van der Waals surface area (Å²) >= 11 is 0. The average molecular weight is 464 g/mol. The zero-order chi connectivity index (χ0) is 23.8. The lowest BCUT2D eigenvalue weighted by Crippen LogP contribution is -2.48. The first kappa shape index (κ1) is 24.3. The van der Waals surface area contributed by atoms with Crippen LogP contribution in [0.4, 0.5) is 0 Å². The molecule has 182 valence electrons. The Morgan fingerprint density at radius 1 is 1.03 bits per heavy atom. The van der Waals surface area contributed by atoms with Crippen molar-refractivity contribution in [3.8, 4) is 11.5 Å². The molecule has 0 aliphatic carbocycles. The Kier molecular flexibility index (Phi) is 8.25. The molecule has 6 nitrogen and oxygen atoms in total. The number of rotatable bonds is 11. The van der Waals surface area contributed by atoms with Crippen molar-refractivity contribution in [2.24, 2.45) is 0 Å². The standard InChI is InChI=1S/C28H37N3O3/c1-23-8-9-27(24(2)18-23)34-21-28(32-3)10-14-30(15-11-28)20-25-6-4-7-26(19-25)33-17-5-13-31-16-12-29-22-31/h4,6-9,12,16,18-19,22H,5,10-11,13-15,17,20-21H2,1-3H3. The summed E-state index contributed by atoms with van der Waals surface area (Å²) in [6, 6.07) is 14.8. The van der Waals surface area contributed by atoms with Crippen LogP contribution in [0.1, 0.15) is 36.0 Å². The van der Waals surface area contributed by atoms with Crippen LogP contribution in [0, 0.1) is 13.8 Å². The maximum atomic E-state index is 6.20. The molecule has 0 radical (unpaired) electrons. The minimum atomic E-state index is -0.228. The van der Waals surface area contributed by atoms with Crippen molar-refractivity contribution in [3.05, 3.63) is 77.9 Å². The van der Waals surface area contributed by atoms with Gasteiger partial charge in [0.15, 0.2) is 0 Å². The lowest BCUT2D eigenvalue weighted by atomic mass is 9.91. The van der Waals surface area contributed by atoms with Gasteiger partial charge >= 0.3 is 0 Å². The highest BCUT2D eigenvalue weighted by Crippen LogP contribution is 2.29. The molecule has 0 bridgehead atoms. The molecule has 0 spiro atoms. The molecule has 0 saturated carbocycles. The van der Waals surface area contributed by atoms with Gasteiger partial charge in [0.05, 0.1) is 12.9 Å². The molecule has 0 amide bonds. The van der Waals surface area contributed by atoms with E-state index >= 15 is 0 Å². The molecule has 0 atom stereocenters. The molecule has 4 rings (SSSR count). The molecule has 1 aliphatic heterocycles. The largest absolute Gasteiger partial charge is 0.494 e. The highest BCUT2D eigenvalue weighted by atomic mass is 16.5. The van der Waals surface area contributed by atoms with Crippen LogP contribution in [0.5, 0.6) is 11.5 Å². The first-order valence-electron chi connectivity index (χ1n) is 12.2.